The molecule has 128 valence electrons. The summed E-state index contributed by atoms with van der Waals surface area (Å²) in [5, 5.41) is 9.51. The maximum Gasteiger partial charge on any atom is 0.261 e. The van der Waals surface area contributed by atoms with Gasteiger partial charge in [0.15, 0.2) is 0 Å². The van der Waals surface area contributed by atoms with Crippen molar-refractivity contribution in [1.29, 1.82) is 0 Å². The molecule has 0 spiro atoms. The predicted molar refractivity (Wildman–Crippen MR) is 96.1 cm³/mol. The Balaban J connectivity index is 1.89. The number of benzene rings is 1. The van der Waals surface area contributed by atoms with Crippen LogP contribution in [-0.4, -0.2) is 27.6 Å². The average Bonchev–Trinajstić information content (AvgIpc) is 3.13. The third-order valence-electron chi connectivity index (χ3n) is 3.63. The highest BCUT2D eigenvalue weighted by Gasteiger charge is 2.21. The maximum absolute atomic E-state index is 13.1. The van der Waals surface area contributed by atoms with Gasteiger partial charge >= 0.3 is 0 Å². The Bertz CT molecular complexity index is 836. The van der Waals surface area contributed by atoms with Crippen LogP contribution in [0.15, 0.2) is 48.8 Å². The lowest BCUT2D eigenvalue weighted by Crippen LogP contribution is -2.31. The summed E-state index contributed by atoms with van der Waals surface area (Å²) in [7, 11) is 0. The molecule has 0 saturated carbocycles. The van der Waals surface area contributed by atoms with Crippen molar-refractivity contribution in [3.05, 3.63) is 60.2 Å². The van der Waals surface area contributed by atoms with Crippen LogP contribution >= 0.6 is 11.3 Å². The second-order valence-corrected chi connectivity index (χ2v) is 6.40. The summed E-state index contributed by atoms with van der Waals surface area (Å²) in [5.41, 5.74) is 1.28. The first kappa shape index (κ1) is 17.2. The number of carbonyl (C=O) groups excluding carboxylic acids is 1. The van der Waals surface area contributed by atoms with E-state index in [4.69, 9.17) is 0 Å². The molecule has 2 heterocycles. The molecule has 3 rings (SSSR count). The van der Waals surface area contributed by atoms with Crippen LogP contribution in [-0.2, 0) is 0 Å². The molecule has 5 nitrogen and oxygen atoms in total. The third-order valence-corrected chi connectivity index (χ3v) is 4.62. The van der Waals surface area contributed by atoms with Crippen molar-refractivity contribution in [3.8, 4) is 10.6 Å². The molecule has 0 bridgehead atoms. The van der Waals surface area contributed by atoms with Crippen LogP contribution in [0.2, 0.25) is 0 Å². The number of hydrogen-bond acceptors (Lipinski definition) is 5. The topological polar surface area (TPSA) is 59.0 Å². The van der Waals surface area contributed by atoms with E-state index in [1.54, 1.807) is 41.6 Å². The fourth-order valence-electron chi connectivity index (χ4n) is 2.28. The van der Waals surface area contributed by atoms with E-state index in [2.05, 4.69) is 22.1 Å². The highest BCUT2D eigenvalue weighted by molar-refractivity contribution is 7.18. The Kier molecular flexibility index (Phi) is 5.45. The molecule has 3 aromatic rings. The van der Waals surface area contributed by atoms with E-state index in [0.29, 0.717) is 22.2 Å². The van der Waals surface area contributed by atoms with E-state index in [0.717, 1.165) is 18.4 Å². The number of hydrogen-bond donors (Lipinski definition) is 0. The summed E-state index contributed by atoms with van der Waals surface area (Å²) in [6.45, 7) is 2.62. The summed E-state index contributed by atoms with van der Waals surface area (Å²) in [5.74, 6) is -0.451. The number of nitrogens with zero attached hydrogens (tertiary/aromatic N) is 4. The summed E-state index contributed by atoms with van der Waals surface area (Å²) < 4.78 is 13.1. The summed E-state index contributed by atoms with van der Waals surface area (Å²) in [4.78, 5) is 18.5. The first-order chi connectivity index (χ1) is 12.2. The number of amides is 1. The molecule has 0 aliphatic heterocycles. The van der Waals surface area contributed by atoms with Crippen LogP contribution in [0.4, 0.5) is 9.52 Å². The van der Waals surface area contributed by atoms with E-state index in [9.17, 15) is 9.18 Å². The first-order valence-corrected chi connectivity index (χ1v) is 8.82. The van der Waals surface area contributed by atoms with Gasteiger partial charge < -0.3 is 0 Å². The van der Waals surface area contributed by atoms with Crippen molar-refractivity contribution in [2.24, 2.45) is 0 Å². The van der Waals surface area contributed by atoms with E-state index < -0.39 is 0 Å². The normalized spacial score (nSPS) is 10.6. The zero-order valence-electron chi connectivity index (χ0n) is 13.7. The van der Waals surface area contributed by atoms with E-state index in [-0.39, 0.29) is 11.7 Å². The molecule has 0 atom stereocenters. The van der Waals surface area contributed by atoms with Gasteiger partial charge in [-0.05, 0) is 42.8 Å². The van der Waals surface area contributed by atoms with Crippen LogP contribution in [0.1, 0.15) is 30.1 Å². The van der Waals surface area contributed by atoms with Gasteiger partial charge in [0.1, 0.15) is 10.8 Å². The predicted octanol–water partition coefficient (Wildman–Crippen LogP) is 4.19. The van der Waals surface area contributed by atoms with Crippen molar-refractivity contribution >= 4 is 22.4 Å². The molecule has 25 heavy (non-hydrogen) atoms. The molecule has 0 aliphatic carbocycles. The number of carbonyl (C=O) groups is 1. The highest BCUT2D eigenvalue weighted by atomic mass is 32.1. The Labute approximate surface area is 149 Å². The Morgan fingerprint density at radius 2 is 2.00 bits per heavy atom. The molecule has 0 N–H and O–H groups in total. The van der Waals surface area contributed by atoms with Crippen LogP contribution in [0, 0.1) is 5.82 Å². The summed E-state index contributed by atoms with van der Waals surface area (Å²) in [6.07, 6.45) is 4.99. The van der Waals surface area contributed by atoms with Gasteiger partial charge in [-0.1, -0.05) is 24.7 Å². The minimum Gasteiger partial charge on any atom is -0.283 e. The summed E-state index contributed by atoms with van der Waals surface area (Å²) in [6, 6.07) is 9.53. The van der Waals surface area contributed by atoms with Crippen LogP contribution in [0.5, 0.6) is 0 Å². The van der Waals surface area contributed by atoms with Crippen LogP contribution in [0.25, 0.3) is 10.6 Å². The Morgan fingerprint density at radius 1 is 1.20 bits per heavy atom. The molecule has 7 heteroatoms. The molecular weight excluding hydrogens is 339 g/mol. The van der Waals surface area contributed by atoms with Gasteiger partial charge in [-0.15, -0.1) is 10.2 Å². The SMILES string of the molecule is CCCCN(C(=O)c1cccnc1)c1nnc(-c2ccc(F)cc2)s1. The van der Waals surface area contributed by atoms with Gasteiger partial charge in [-0.3, -0.25) is 14.7 Å². The van der Waals surface area contributed by atoms with Crippen molar-refractivity contribution in [2.45, 2.75) is 19.8 Å². The number of aromatic nitrogens is 3. The van der Waals surface area contributed by atoms with Gasteiger partial charge in [-0.2, -0.15) is 0 Å². The molecule has 0 fully saturated rings. The molecular formula is C18H17FN4OS. The standard InChI is InChI=1S/C18H17FN4OS/c1-2-3-11-23(17(24)14-5-4-10-20-12-14)18-22-21-16(25-18)13-6-8-15(19)9-7-13/h4-10,12H,2-3,11H2,1H3. The average molecular weight is 356 g/mol. The van der Waals surface area contributed by atoms with Crippen molar-refractivity contribution in [2.75, 3.05) is 11.4 Å². The smallest absolute Gasteiger partial charge is 0.261 e. The molecule has 1 aromatic carbocycles. The number of pyridine rings is 1. The zero-order valence-corrected chi connectivity index (χ0v) is 14.5. The van der Waals surface area contributed by atoms with Crippen LogP contribution < -0.4 is 4.90 Å². The Hall–Kier alpha value is -2.67. The minimum absolute atomic E-state index is 0.150. The van der Waals surface area contributed by atoms with Gasteiger partial charge in [0.05, 0.1) is 5.56 Å². The zero-order chi connectivity index (χ0) is 17.6. The van der Waals surface area contributed by atoms with E-state index in [1.165, 1.54) is 23.5 Å². The minimum atomic E-state index is -0.301. The number of anilines is 1. The first-order valence-electron chi connectivity index (χ1n) is 8.00. The van der Waals surface area contributed by atoms with Gasteiger partial charge in [-0.25, -0.2) is 4.39 Å². The highest BCUT2D eigenvalue weighted by Crippen LogP contribution is 2.29. The quantitative estimate of drug-likeness (QED) is 0.665. The van der Waals surface area contributed by atoms with Crippen molar-refractivity contribution < 1.29 is 9.18 Å². The van der Waals surface area contributed by atoms with E-state index in [1.807, 2.05) is 0 Å². The number of unbranched alkanes of at least 4 members (excludes halogenated alkanes) is 1. The lowest BCUT2D eigenvalue weighted by molar-refractivity contribution is 0.0986. The van der Waals surface area contributed by atoms with Gasteiger partial charge in [0.25, 0.3) is 5.91 Å². The third kappa shape index (κ3) is 4.06. The van der Waals surface area contributed by atoms with Crippen LogP contribution in [0.3, 0.4) is 0 Å². The fraction of sp³-hybridized carbons (Fsp3) is 0.222. The molecule has 0 unspecified atom stereocenters. The van der Waals surface area contributed by atoms with Gasteiger partial charge in [0, 0.05) is 24.5 Å². The second kappa shape index (κ2) is 7.94. The Morgan fingerprint density at radius 3 is 2.68 bits per heavy atom. The molecule has 0 saturated heterocycles. The number of halogens is 1. The van der Waals surface area contributed by atoms with Gasteiger partial charge in [0.2, 0.25) is 5.13 Å². The molecule has 0 aliphatic rings. The summed E-state index contributed by atoms with van der Waals surface area (Å²) >= 11 is 1.31. The maximum atomic E-state index is 13.1. The largest absolute Gasteiger partial charge is 0.283 e. The van der Waals surface area contributed by atoms with E-state index >= 15 is 0 Å². The number of rotatable bonds is 6. The second-order valence-electron chi connectivity index (χ2n) is 5.45. The molecule has 0 radical (unpaired) electrons. The molecule has 1 amide bonds. The lowest BCUT2D eigenvalue weighted by Gasteiger charge is -2.18. The monoisotopic (exact) mass is 356 g/mol. The fourth-order valence-corrected chi connectivity index (χ4v) is 3.15. The van der Waals surface area contributed by atoms with Crippen molar-refractivity contribution in [3.63, 3.8) is 0 Å². The van der Waals surface area contributed by atoms with Crippen molar-refractivity contribution in [1.82, 2.24) is 15.2 Å². The molecule has 2 aromatic heterocycles. The lowest BCUT2D eigenvalue weighted by atomic mass is 10.2.